The van der Waals surface area contributed by atoms with Crippen molar-refractivity contribution in [2.75, 3.05) is 13.2 Å². The van der Waals surface area contributed by atoms with Crippen molar-refractivity contribution in [1.29, 1.82) is 0 Å². The van der Waals surface area contributed by atoms with E-state index in [1.807, 2.05) is 6.08 Å². The van der Waals surface area contributed by atoms with Crippen LogP contribution < -0.4 is 0 Å². The number of carbonyl (C=O) groups is 3. The van der Waals surface area contributed by atoms with Gasteiger partial charge in [0.15, 0.2) is 6.10 Å². The smallest absolute Gasteiger partial charge is 0.309 e. The third-order valence-corrected chi connectivity index (χ3v) is 8.07. The standard InChI is InChI=1S/C43H72O6/c1-4-7-10-13-16-19-20-21-22-23-24-25-28-30-33-36-42(45)48-39-40(49-43(46)37-34-31-27-18-15-12-9-6-3)38-47-41(44)35-32-29-26-17-14-11-8-5-2/h7,10,16,19,21-22,24-25,30,33,40H,4-6,8-9,11-15,17-18,20,23,26-29,31-32,34-39H2,1-3H3/b10-7-,19-16-,22-21-,25-24-,33-30-. The quantitative estimate of drug-likeness (QED) is 0.0290. The summed E-state index contributed by atoms with van der Waals surface area (Å²) in [5.41, 5.74) is 0. The Bertz CT molecular complexity index is 929. The van der Waals surface area contributed by atoms with Crippen LogP contribution in [0.1, 0.15) is 175 Å². The molecule has 1 atom stereocenters. The molecule has 6 nitrogen and oxygen atoms in total. The van der Waals surface area contributed by atoms with Gasteiger partial charge in [-0.25, -0.2) is 0 Å². The number of esters is 3. The average molecular weight is 685 g/mol. The molecule has 0 aromatic rings. The number of carbonyl (C=O) groups excluding carboxylic acids is 3. The van der Waals surface area contributed by atoms with Crippen molar-refractivity contribution in [2.45, 2.75) is 181 Å². The van der Waals surface area contributed by atoms with E-state index in [0.29, 0.717) is 12.8 Å². The number of ether oxygens (including phenoxy) is 3. The summed E-state index contributed by atoms with van der Waals surface area (Å²) in [6.45, 7) is 6.33. The van der Waals surface area contributed by atoms with Gasteiger partial charge >= 0.3 is 17.9 Å². The Morgan fingerprint density at radius 3 is 1.24 bits per heavy atom. The number of hydrogen-bond acceptors (Lipinski definition) is 6. The van der Waals surface area contributed by atoms with Gasteiger partial charge in [-0.15, -0.1) is 0 Å². The first-order chi connectivity index (χ1) is 24.0. The summed E-state index contributed by atoms with van der Waals surface area (Å²) in [6.07, 6.45) is 43.8. The second-order valence-corrected chi connectivity index (χ2v) is 12.8. The second kappa shape index (κ2) is 37.9. The number of rotatable bonds is 34. The van der Waals surface area contributed by atoms with Crippen molar-refractivity contribution in [1.82, 2.24) is 0 Å². The van der Waals surface area contributed by atoms with Crippen molar-refractivity contribution in [3.05, 3.63) is 60.8 Å². The molecule has 0 aliphatic carbocycles. The van der Waals surface area contributed by atoms with Crippen LogP contribution in [-0.2, 0) is 28.6 Å². The zero-order chi connectivity index (χ0) is 35.9. The van der Waals surface area contributed by atoms with Crippen LogP contribution >= 0.6 is 0 Å². The molecule has 6 heteroatoms. The third-order valence-electron chi connectivity index (χ3n) is 8.07. The zero-order valence-corrected chi connectivity index (χ0v) is 31.7. The molecule has 0 aromatic carbocycles. The minimum atomic E-state index is -0.804. The van der Waals surface area contributed by atoms with Gasteiger partial charge in [0.05, 0.1) is 6.42 Å². The molecule has 0 amide bonds. The maximum Gasteiger partial charge on any atom is 0.309 e. The SMILES string of the molecule is CC/C=C\C/C=C\C/C=C\C/C=C\C/C=C\CC(=O)OCC(COC(=O)CCCCCCCCCC)OC(=O)CCCCCCCCCC. The molecule has 1 unspecified atom stereocenters. The fraction of sp³-hybridized carbons (Fsp3) is 0.698. The predicted octanol–water partition coefficient (Wildman–Crippen LogP) is 12.2. The van der Waals surface area contributed by atoms with E-state index in [9.17, 15) is 14.4 Å². The van der Waals surface area contributed by atoms with Crippen molar-refractivity contribution in [3.8, 4) is 0 Å². The zero-order valence-electron chi connectivity index (χ0n) is 31.7. The summed E-state index contributed by atoms with van der Waals surface area (Å²) in [6, 6.07) is 0. The van der Waals surface area contributed by atoms with E-state index in [-0.39, 0.29) is 31.6 Å². The summed E-state index contributed by atoms with van der Waals surface area (Å²) in [5.74, 6) is -1.06. The van der Waals surface area contributed by atoms with E-state index in [1.165, 1.54) is 64.2 Å². The summed E-state index contributed by atoms with van der Waals surface area (Å²) in [4.78, 5) is 37.3. The monoisotopic (exact) mass is 685 g/mol. The first kappa shape index (κ1) is 46.1. The molecule has 280 valence electrons. The van der Waals surface area contributed by atoms with Gasteiger partial charge in [0.1, 0.15) is 13.2 Å². The maximum atomic E-state index is 12.6. The molecule has 0 radical (unpaired) electrons. The minimum Gasteiger partial charge on any atom is -0.462 e. The van der Waals surface area contributed by atoms with Gasteiger partial charge in [-0.2, -0.15) is 0 Å². The van der Waals surface area contributed by atoms with Gasteiger partial charge < -0.3 is 14.2 Å². The fourth-order valence-electron chi connectivity index (χ4n) is 5.10. The molecule has 49 heavy (non-hydrogen) atoms. The van der Waals surface area contributed by atoms with Crippen LogP contribution in [0.5, 0.6) is 0 Å². The van der Waals surface area contributed by atoms with Crippen LogP contribution in [0.15, 0.2) is 60.8 Å². The number of allylic oxidation sites excluding steroid dienone is 9. The number of hydrogen-bond donors (Lipinski definition) is 0. The van der Waals surface area contributed by atoms with E-state index in [4.69, 9.17) is 14.2 Å². The molecule has 0 heterocycles. The lowest BCUT2D eigenvalue weighted by Gasteiger charge is -2.18. The van der Waals surface area contributed by atoms with Crippen molar-refractivity contribution in [2.24, 2.45) is 0 Å². The van der Waals surface area contributed by atoms with Gasteiger partial charge in [0, 0.05) is 12.8 Å². The summed E-state index contributed by atoms with van der Waals surface area (Å²) >= 11 is 0. The van der Waals surface area contributed by atoms with Crippen molar-refractivity contribution < 1.29 is 28.6 Å². The Hall–Kier alpha value is -2.89. The molecule has 0 aliphatic heterocycles. The van der Waals surface area contributed by atoms with Crippen LogP contribution in [0.3, 0.4) is 0 Å². The van der Waals surface area contributed by atoms with Gasteiger partial charge in [-0.3, -0.25) is 14.4 Å². The lowest BCUT2D eigenvalue weighted by molar-refractivity contribution is -0.166. The Morgan fingerprint density at radius 2 is 0.796 bits per heavy atom. The summed E-state index contributed by atoms with van der Waals surface area (Å²) < 4.78 is 16.4. The van der Waals surface area contributed by atoms with E-state index in [2.05, 4.69) is 69.4 Å². The van der Waals surface area contributed by atoms with Crippen LogP contribution in [0.25, 0.3) is 0 Å². The summed E-state index contributed by atoms with van der Waals surface area (Å²) in [7, 11) is 0. The van der Waals surface area contributed by atoms with Crippen molar-refractivity contribution in [3.63, 3.8) is 0 Å². The maximum absolute atomic E-state index is 12.6. The lowest BCUT2D eigenvalue weighted by atomic mass is 10.1. The Kier molecular flexibility index (Phi) is 35.7. The molecular formula is C43H72O6. The van der Waals surface area contributed by atoms with Crippen LogP contribution in [0, 0.1) is 0 Å². The minimum absolute atomic E-state index is 0.103. The second-order valence-electron chi connectivity index (χ2n) is 12.8. The Labute approximate surface area is 300 Å². The summed E-state index contributed by atoms with van der Waals surface area (Å²) in [5, 5.41) is 0. The predicted molar refractivity (Wildman–Crippen MR) is 205 cm³/mol. The van der Waals surface area contributed by atoms with E-state index in [1.54, 1.807) is 6.08 Å². The van der Waals surface area contributed by atoms with Gasteiger partial charge in [0.2, 0.25) is 0 Å². The highest BCUT2D eigenvalue weighted by atomic mass is 16.6. The average Bonchev–Trinajstić information content (AvgIpc) is 3.10. The van der Waals surface area contributed by atoms with Crippen LogP contribution in [-0.4, -0.2) is 37.2 Å². The van der Waals surface area contributed by atoms with E-state index >= 15 is 0 Å². The highest BCUT2D eigenvalue weighted by Crippen LogP contribution is 2.12. The van der Waals surface area contributed by atoms with E-state index < -0.39 is 12.1 Å². The molecule has 0 saturated heterocycles. The molecule has 0 aliphatic rings. The molecule has 0 spiro atoms. The first-order valence-electron chi connectivity index (χ1n) is 19.8. The normalized spacial score (nSPS) is 12.6. The first-order valence-corrected chi connectivity index (χ1v) is 19.8. The Morgan fingerprint density at radius 1 is 0.429 bits per heavy atom. The molecule has 0 aromatic heterocycles. The van der Waals surface area contributed by atoms with Crippen LogP contribution in [0.4, 0.5) is 0 Å². The van der Waals surface area contributed by atoms with Gasteiger partial charge in [-0.1, -0.05) is 171 Å². The molecular weight excluding hydrogens is 612 g/mol. The topological polar surface area (TPSA) is 78.9 Å². The molecule has 0 saturated carbocycles. The largest absolute Gasteiger partial charge is 0.462 e. The fourth-order valence-corrected chi connectivity index (χ4v) is 5.10. The van der Waals surface area contributed by atoms with E-state index in [0.717, 1.165) is 70.6 Å². The van der Waals surface area contributed by atoms with Crippen molar-refractivity contribution >= 4 is 17.9 Å². The molecule has 0 rings (SSSR count). The highest BCUT2D eigenvalue weighted by molar-refractivity contribution is 5.72. The third kappa shape index (κ3) is 36.2. The molecule has 0 bridgehead atoms. The lowest BCUT2D eigenvalue weighted by Crippen LogP contribution is -2.30. The van der Waals surface area contributed by atoms with Crippen LogP contribution in [0.2, 0.25) is 0 Å². The molecule has 0 fully saturated rings. The highest BCUT2D eigenvalue weighted by Gasteiger charge is 2.19. The van der Waals surface area contributed by atoms with Gasteiger partial charge in [0.25, 0.3) is 0 Å². The molecule has 0 N–H and O–H groups in total. The number of unbranched alkanes of at least 4 members (excludes halogenated alkanes) is 14. The Balaban J connectivity index is 4.48. The van der Waals surface area contributed by atoms with Gasteiger partial charge in [-0.05, 0) is 44.9 Å².